The summed E-state index contributed by atoms with van der Waals surface area (Å²) in [5.41, 5.74) is 0.941. The van der Waals surface area contributed by atoms with Crippen LogP contribution >= 0.6 is 11.6 Å². The van der Waals surface area contributed by atoms with Gasteiger partial charge in [-0.25, -0.2) is 4.79 Å². The zero-order chi connectivity index (χ0) is 19.4. The maximum Gasteiger partial charge on any atom is 0.416 e. The van der Waals surface area contributed by atoms with Crippen molar-refractivity contribution in [2.45, 2.75) is 12.7 Å². The normalized spacial score (nSPS) is 15.0. The molecule has 0 saturated carbocycles. The van der Waals surface area contributed by atoms with Crippen LogP contribution in [0.4, 0.5) is 23.7 Å². The van der Waals surface area contributed by atoms with Crippen LogP contribution in [0.15, 0.2) is 48.5 Å². The number of nitrogens with one attached hydrogen (secondary N) is 1. The molecule has 2 aromatic rings. The topological polar surface area (TPSA) is 35.6 Å². The van der Waals surface area contributed by atoms with E-state index in [1.165, 1.54) is 12.1 Å². The molecular weight excluding hydrogens is 379 g/mol. The van der Waals surface area contributed by atoms with E-state index in [0.29, 0.717) is 36.8 Å². The van der Waals surface area contributed by atoms with Crippen LogP contribution in [-0.2, 0) is 12.7 Å². The van der Waals surface area contributed by atoms with Crippen molar-refractivity contribution in [2.24, 2.45) is 0 Å². The Morgan fingerprint density at radius 3 is 2.30 bits per heavy atom. The second-order valence-electron chi connectivity index (χ2n) is 6.31. The fourth-order valence-corrected chi connectivity index (χ4v) is 3.13. The van der Waals surface area contributed by atoms with E-state index in [1.807, 2.05) is 24.3 Å². The van der Waals surface area contributed by atoms with Gasteiger partial charge in [-0.05, 0) is 35.9 Å². The van der Waals surface area contributed by atoms with E-state index >= 15 is 0 Å². The van der Waals surface area contributed by atoms with Gasteiger partial charge < -0.3 is 15.1 Å². The summed E-state index contributed by atoms with van der Waals surface area (Å²) in [6.45, 7) is 2.68. The van der Waals surface area contributed by atoms with E-state index in [1.54, 1.807) is 4.90 Å². The molecule has 1 aliphatic rings. The largest absolute Gasteiger partial charge is 0.416 e. The Kier molecular flexibility index (Phi) is 5.79. The van der Waals surface area contributed by atoms with Crippen LogP contribution in [0.1, 0.15) is 11.1 Å². The van der Waals surface area contributed by atoms with Gasteiger partial charge in [0.05, 0.1) is 5.56 Å². The average Bonchev–Trinajstić information content (AvgIpc) is 2.66. The Morgan fingerprint density at radius 2 is 1.70 bits per heavy atom. The first-order valence-electron chi connectivity index (χ1n) is 8.52. The van der Waals surface area contributed by atoms with Crippen molar-refractivity contribution < 1.29 is 18.0 Å². The smallest absolute Gasteiger partial charge is 0.368 e. The Hall–Kier alpha value is -2.41. The number of hydrogen-bond acceptors (Lipinski definition) is 2. The number of anilines is 1. The summed E-state index contributed by atoms with van der Waals surface area (Å²) in [6.07, 6.45) is -4.36. The highest BCUT2D eigenvalue weighted by Gasteiger charge is 2.30. The first-order chi connectivity index (χ1) is 12.8. The number of benzene rings is 2. The van der Waals surface area contributed by atoms with Crippen molar-refractivity contribution in [1.29, 1.82) is 0 Å². The van der Waals surface area contributed by atoms with Crippen LogP contribution in [-0.4, -0.2) is 37.1 Å². The summed E-state index contributed by atoms with van der Waals surface area (Å²) < 4.78 is 37.7. The van der Waals surface area contributed by atoms with Crippen LogP contribution in [0.5, 0.6) is 0 Å². The molecule has 2 aromatic carbocycles. The van der Waals surface area contributed by atoms with Crippen LogP contribution in [0.2, 0.25) is 5.02 Å². The third-order valence-corrected chi connectivity index (χ3v) is 4.70. The van der Waals surface area contributed by atoms with Gasteiger partial charge in [-0.15, -0.1) is 0 Å². The maximum absolute atomic E-state index is 12.6. The van der Waals surface area contributed by atoms with Crippen LogP contribution in [0, 0.1) is 0 Å². The minimum atomic E-state index is -4.36. The zero-order valence-electron chi connectivity index (χ0n) is 14.5. The summed E-state index contributed by atoms with van der Waals surface area (Å²) in [4.78, 5) is 16.1. The van der Waals surface area contributed by atoms with E-state index in [-0.39, 0.29) is 12.6 Å². The van der Waals surface area contributed by atoms with Gasteiger partial charge in [-0.3, -0.25) is 0 Å². The van der Waals surface area contributed by atoms with Gasteiger partial charge in [-0.1, -0.05) is 29.8 Å². The van der Waals surface area contributed by atoms with Crippen molar-refractivity contribution >= 4 is 23.3 Å². The molecule has 1 heterocycles. The highest BCUT2D eigenvalue weighted by atomic mass is 35.5. The van der Waals surface area contributed by atoms with Gasteiger partial charge in [0, 0.05) is 43.4 Å². The Labute approximate surface area is 160 Å². The number of alkyl halides is 3. The molecule has 1 N–H and O–H groups in total. The monoisotopic (exact) mass is 397 g/mol. The van der Waals surface area contributed by atoms with Crippen molar-refractivity contribution in [2.75, 3.05) is 31.1 Å². The first-order valence-corrected chi connectivity index (χ1v) is 8.90. The minimum absolute atomic E-state index is 0.186. The third-order valence-electron chi connectivity index (χ3n) is 4.47. The van der Waals surface area contributed by atoms with Crippen LogP contribution < -0.4 is 10.2 Å². The van der Waals surface area contributed by atoms with Crippen molar-refractivity contribution in [1.82, 2.24) is 10.2 Å². The predicted molar refractivity (Wildman–Crippen MR) is 98.9 cm³/mol. The number of piperazine rings is 1. The SMILES string of the molecule is O=C(NCc1ccc(C(F)(F)F)cc1)N1CCN(c2cccc(Cl)c2)CC1. The van der Waals surface area contributed by atoms with Crippen molar-refractivity contribution in [3.05, 3.63) is 64.7 Å². The second kappa shape index (κ2) is 8.08. The van der Waals surface area contributed by atoms with Gasteiger partial charge >= 0.3 is 12.2 Å². The molecule has 0 unspecified atom stereocenters. The lowest BCUT2D eigenvalue weighted by Gasteiger charge is -2.36. The summed E-state index contributed by atoms with van der Waals surface area (Å²) in [5.74, 6) is 0. The number of amides is 2. The molecule has 2 amide bonds. The minimum Gasteiger partial charge on any atom is -0.368 e. The van der Waals surface area contributed by atoms with E-state index in [0.717, 1.165) is 17.8 Å². The third kappa shape index (κ3) is 5.07. The fraction of sp³-hybridized carbons (Fsp3) is 0.316. The summed E-state index contributed by atoms with van der Waals surface area (Å²) >= 11 is 6.01. The highest BCUT2D eigenvalue weighted by molar-refractivity contribution is 6.30. The number of urea groups is 1. The van der Waals surface area contributed by atoms with E-state index in [4.69, 9.17) is 11.6 Å². The van der Waals surface area contributed by atoms with Gasteiger partial charge in [0.2, 0.25) is 0 Å². The van der Waals surface area contributed by atoms with Crippen LogP contribution in [0.3, 0.4) is 0 Å². The van der Waals surface area contributed by atoms with Gasteiger partial charge in [-0.2, -0.15) is 13.2 Å². The molecule has 0 radical (unpaired) electrons. The number of rotatable bonds is 3. The number of carbonyl (C=O) groups is 1. The number of hydrogen-bond donors (Lipinski definition) is 1. The lowest BCUT2D eigenvalue weighted by Crippen LogP contribution is -2.51. The number of nitrogens with zero attached hydrogens (tertiary/aromatic N) is 2. The molecule has 1 fully saturated rings. The second-order valence-corrected chi connectivity index (χ2v) is 6.74. The molecule has 1 saturated heterocycles. The molecule has 144 valence electrons. The molecule has 0 atom stereocenters. The summed E-state index contributed by atoms with van der Waals surface area (Å²) in [5, 5.41) is 3.43. The van der Waals surface area contributed by atoms with Gasteiger partial charge in [0.25, 0.3) is 0 Å². The Bertz CT molecular complexity index is 788. The molecule has 8 heteroatoms. The molecule has 0 bridgehead atoms. The molecular formula is C19H19ClF3N3O. The average molecular weight is 398 g/mol. The highest BCUT2D eigenvalue weighted by Crippen LogP contribution is 2.29. The molecule has 27 heavy (non-hydrogen) atoms. The molecule has 0 aliphatic carbocycles. The Balaban J connectivity index is 1.48. The van der Waals surface area contributed by atoms with Gasteiger partial charge in [0.15, 0.2) is 0 Å². The van der Waals surface area contributed by atoms with E-state index in [2.05, 4.69) is 10.2 Å². The molecule has 3 rings (SSSR count). The summed E-state index contributed by atoms with van der Waals surface area (Å²) in [6, 6.07) is 12.1. The number of carbonyl (C=O) groups excluding carboxylic acids is 1. The predicted octanol–water partition coefficient (Wildman–Crippen LogP) is 4.39. The quantitative estimate of drug-likeness (QED) is 0.833. The Morgan fingerprint density at radius 1 is 1.04 bits per heavy atom. The standard InChI is InChI=1S/C19H19ClF3N3O/c20-16-2-1-3-17(12-16)25-8-10-26(11-9-25)18(27)24-13-14-4-6-15(7-5-14)19(21,22)23/h1-7,12H,8-11,13H2,(H,24,27). The molecule has 4 nitrogen and oxygen atoms in total. The number of halogens is 4. The lowest BCUT2D eigenvalue weighted by atomic mass is 10.1. The van der Waals surface area contributed by atoms with Crippen LogP contribution in [0.25, 0.3) is 0 Å². The van der Waals surface area contributed by atoms with Crippen molar-refractivity contribution in [3.63, 3.8) is 0 Å². The van der Waals surface area contributed by atoms with Gasteiger partial charge in [0.1, 0.15) is 0 Å². The molecule has 0 spiro atoms. The first kappa shape index (κ1) is 19.4. The molecule has 1 aliphatic heterocycles. The van der Waals surface area contributed by atoms with Crippen molar-refractivity contribution in [3.8, 4) is 0 Å². The summed E-state index contributed by atoms with van der Waals surface area (Å²) in [7, 11) is 0. The maximum atomic E-state index is 12.6. The zero-order valence-corrected chi connectivity index (χ0v) is 15.2. The molecule has 0 aromatic heterocycles. The fourth-order valence-electron chi connectivity index (χ4n) is 2.94. The van der Waals surface area contributed by atoms with E-state index in [9.17, 15) is 18.0 Å². The van der Waals surface area contributed by atoms with E-state index < -0.39 is 11.7 Å². The lowest BCUT2D eigenvalue weighted by molar-refractivity contribution is -0.137.